The fraction of sp³-hybridized carbons (Fsp3) is 0.733. The molecule has 0 bridgehead atoms. The largest absolute Gasteiger partial charge is 0.456 e. The summed E-state index contributed by atoms with van der Waals surface area (Å²) in [5.74, 6) is -0.211. The Hall–Kier alpha value is -0.890. The molecule has 0 radical (unpaired) electrons. The minimum Gasteiger partial charge on any atom is -0.456 e. The van der Waals surface area contributed by atoms with Crippen LogP contribution in [0.3, 0.4) is 0 Å². The average Bonchev–Trinajstić information content (AvgIpc) is 2.82. The van der Waals surface area contributed by atoms with Gasteiger partial charge in [0.2, 0.25) is 0 Å². The van der Waals surface area contributed by atoms with Crippen LogP contribution < -0.4 is 0 Å². The zero-order valence-corrected chi connectivity index (χ0v) is 13.7. The molecule has 1 unspecified atom stereocenters. The molecule has 0 aromatic heterocycles. The van der Waals surface area contributed by atoms with Crippen molar-refractivity contribution in [1.29, 1.82) is 0 Å². The number of hydrogen-bond acceptors (Lipinski definition) is 4. The molecule has 1 saturated carbocycles. The smallest absolute Gasteiger partial charge is 0.303 e. The summed E-state index contributed by atoms with van der Waals surface area (Å²) in [6, 6.07) is 0. The summed E-state index contributed by atoms with van der Waals surface area (Å²) in [6.45, 7) is 8.77. The van der Waals surface area contributed by atoms with E-state index in [1.165, 1.54) is 30.5 Å². The maximum absolute atomic E-state index is 11.2. The number of carbonyl (C=O) groups excluding carboxylic acids is 1. The molecule has 5 heteroatoms. The summed E-state index contributed by atoms with van der Waals surface area (Å²) in [5.41, 5.74) is 3.66. The Labute approximate surface area is 123 Å². The maximum atomic E-state index is 11.2. The van der Waals surface area contributed by atoms with Gasteiger partial charge in [0.25, 0.3) is 0 Å². The first-order valence-electron chi connectivity index (χ1n) is 7.50. The molecule has 1 atom stereocenters. The molecule has 0 spiro atoms. The van der Waals surface area contributed by atoms with Crippen molar-refractivity contribution in [3.63, 3.8) is 0 Å². The van der Waals surface area contributed by atoms with Gasteiger partial charge in [0.1, 0.15) is 6.10 Å². The summed E-state index contributed by atoms with van der Waals surface area (Å²) >= 11 is 0. The third-order valence-corrected chi connectivity index (χ3v) is 5.09. The van der Waals surface area contributed by atoms with Gasteiger partial charge in [-0.2, -0.15) is 0 Å². The first kappa shape index (κ1) is 15.5. The van der Waals surface area contributed by atoms with Gasteiger partial charge in [-0.25, -0.2) is 0 Å². The SMILES string of the molecule is CCN=C1/C(=C(\C)N2CCPCC2)CCC1OC(C)=O. The Balaban J connectivity index is 2.21. The molecule has 1 saturated heterocycles. The van der Waals surface area contributed by atoms with Gasteiger partial charge in [0, 0.05) is 32.3 Å². The Morgan fingerprint density at radius 1 is 1.40 bits per heavy atom. The molecule has 2 aliphatic rings. The highest BCUT2D eigenvalue weighted by Crippen LogP contribution is 2.30. The zero-order chi connectivity index (χ0) is 14.5. The van der Waals surface area contributed by atoms with Gasteiger partial charge in [0.15, 0.2) is 0 Å². The van der Waals surface area contributed by atoms with Crippen LogP contribution in [0, 0.1) is 0 Å². The monoisotopic (exact) mass is 296 g/mol. The zero-order valence-electron chi connectivity index (χ0n) is 12.7. The van der Waals surface area contributed by atoms with Gasteiger partial charge in [-0.05, 0) is 44.6 Å². The first-order valence-corrected chi connectivity index (χ1v) is 8.92. The molecule has 0 aromatic rings. The normalized spacial score (nSPS) is 27.9. The number of esters is 1. The van der Waals surface area contributed by atoms with Gasteiger partial charge in [-0.1, -0.05) is 0 Å². The Bertz CT molecular complexity index is 426. The molecule has 1 aliphatic carbocycles. The fourth-order valence-electron chi connectivity index (χ4n) is 2.97. The highest BCUT2D eigenvalue weighted by molar-refractivity contribution is 7.38. The van der Waals surface area contributed by atoms with Crippen LogP contribution in [-0.2, 0) is 9.53 Å². The molecule has 0 aromatic carbocycles. The van der Waals surface area contributed by atoms with Crippen molar-refractivity contribution in [3.8, 4) is 0 Å². The second-order valence-electron chi connectivity index (χ2n) is 5.30. The first-order chi connectivity index (χ1) is 9.63. The van der Waals surface area contributed by atoms with Crippen LogP contribution in [0.4, 0.5) is 0 Å². The summed E-state index contributed by atoms with van der Waals surface area (Å²) in [7, 11) is 1.11. The number of nitrogens with zero attached hydrogens (tertiary/aromatic N) is 2. The van der Waals surface area contributed by atoms with Gasteiger partial charge in [0.05, 0.1) is 5.71 Å². The second-order valence-corrected chi connectivity index (χ2v) is 6.80. The second kappa shape index (κ2) is 7.21. The van der Waals surface area contributed by atoms with Gasteiger partial charge in [-0.3, -0.25) is 9.79 Å². The maximum Gasteiger partial charge on any atom is 0.303 e. The van der Waals surface area contributed by atoms with E-state index in [4.69, 9.17) is 4.74 Å². The van der Waals surface area contributed by atoms with E-state index in [0.717, 1.165) is 46.8 Å². The van der Waals surface area contributed by atoms with Crippen LogP contribution in [0.2, 0.25) is 0 Å². The summed E-state index contributed by atoms with van der Waals surface area (Å²) < 4.78 is 5.42. The highest BCUT2D eigenvalue weighted by Gasteiger charge is 2.32. The average molecular weight is 296 g/mol. The minimum absolute atomic E-state index is 0.135. The fourth-order valence-corrected chi connectivity index (χ4v) is 4.08. The summed E-state index contributed by atoms with van der Waals surface area (Å²) in [4.78, 5) is 18.3. The van der Waals surface area contributed by atoms with Crippen molar-refractivity contribution in [3.05, 3.63) is 11.3 Å². The topological polar surface area (TPSA) is 41.9 Å². The Morgan fingerprint density at radius 2 is 2.10 bits per heavy atom. The molecule has 4 nitrogen and oxygen atoms in total. The van der Waals surface area contributed by atoms with Gasteiger partial charge < -0.3 is 9.64 Å². The lowest BCUT2D eigenvalue weighted by Gasteiger charge is -2.31. The van der Waals surface area contributed by atoms with E-state index < -0.39 is 0 Å². The van der Waals surface area contributed by atoms with Gasteiger partial charge in [-0.15, -0.1) is 8.58 Å². The van der Waals surface area contributed by atoms with Crippen molar-refractivity contribution >= 4 is 20.3 Å². The van der Waals surface area contributed by atoms with E-state index in [1.54, 1.807) is 0 Å². The van der Waals surface area contributed by atoms with E-state index in [9.17, 15) is 4.79 Å². The molecule has 0 amide bonds. The van der Waals surface area contributed by atoms with E-state index in [2.05, 4.69) is 16.8 Å². The lowest BCUT2D eigenvalue weighted by atomic mass is 10.1. The molecule has 2 fully saturated rings. The van der Waals surface area contributed by atoms with Crippen molar-refractivity contribution in [2.75, 3.05) is 32.0 Å². The van der Waals surface area contributed by atoms with Crippen LogP contribution in [0.5, 0.6) is 0 Å². The number of rotatable bonds is 3. The van der Waals surface area contributed by atoms with E-state index in [1.807, 2.05) is 6.92 Å². The molecule has 0 N–H and O–H groups in total. The van der Waals surface area contributed by atoms with E-state index in [-0.39, 0.29) is 12.1 Å². The number of hydrogen-bond donors (Lipinski definition) is 0. The molecule has 20 heavy (non-hydrogen) atoms. The predicted octanol–water partition coefficient (Wildman–Crippen LogP) is 2.44. The van der Waals surface area contributed by atoms with Gasteiger partial charge >= 0.3 is 5.97 Å². The Morgan fingerprint density at radius 3 is 2.70 bits per heavy atom. The van der Waals surface area contributed by atoms with Crippen LogP contribution in [-0.4, -0.2) is 54.6 Å². The Kier molecular flexibility index (Phi) is 5.59. The number of carbonyl (C=O) groups is 1. The van der Waals surface area contributed by atoms with Crippen molar-refractivity contribution in [2.24, 2.45) is 4.99 Å². The third-order valence-electron chi connectivity index (χ3n) is 3.94. The van der Waals surface area contributed by atoms with Crippen molar-refractivity contribution in [2.45, 2.75) is 39.7 Å². The molecule has 112 valence electrons. The highest BCUT2D eigenvalue weighted by atomic mass is 31.1. The van der Waals surface area contributed by atoms with Crippen molar-refractivity contribution < 1.29 is 9.53 Å². The van der Waals surface area contributed by atoms with Crippen LogP contribution in [0.25, 0.3) is 0 Å². The van der Waals surface area contributed by atoms with E-state index >= 15 is 0 Å². The quantitative estimate of drug-likeness (QED) is 0.593. The number of ether oxygens (including phenoxy) is 1. The lowest BCUT2D eigenvalue weighted by molar-refractivity contribution is -0.143. The molecular formula is C15H25N2O2P. The molecule has 1 heterocycles. The van der Waals surface area contributed by atoms with Crippen LogP contribution in [0.15, 0.2) is 16.3 Å². The minimum atomic E-state index is -0.211. The molecular weight excluding hydrogens is 271 g/mol. The number of allylic oxidation sites excluding steroid dienone is 1. The molecule has 1 aliphatic heterocycles. The molecule has 2 rings (SSSR count). The van der Waals surface area contributed by atoms with Crippen LogP contribution in [0.1, 0.15) is 33.6 Å². The van der Waals surface area contributed by atoms with Crippen molar-refractivity contribution in [1.82, 2.24) is 4.90 Å². The van der Waals surface area contributed by atoms with Crippen LogP contribution >= 0.6 is 8.58 Å². The summed E-state index contributed by atoms with van der Waals surface area (Å²) in [5, 5.41) is 0. The third kappa shape index (κ3) is 3.60. The predicted molar refractivity (Wildman–Crippen MR) is 85.1 cm³/mol. The van der Waals surface area contributed by atoms with E-state index in [0.29, 0.717) is 0 Å². The standard InChI is InChI=1S/C15H25N2O2P/c1-4-16-15-13(5-6-14(15)19-12(3)18)11(2)17-7-9-20-10-8-17/h14,20H,4-10H2,1-3H3/b13-11+,16-15?. The lowest BCUT2D eigenvalue weighted by Crippen LogP contribution is -2.32. The number of aliphatic imine (C=N–C) groups is 1. The summed E-state index contributed by atoms with van der Waals surface area (Å²) in [6.07, 6.45) is 4.32.